The summed E-state index contributed by atoms with van der Waals surface area (Å²) in [7, 11) is 0. The van der Waals surface area contributed by atoms with Gasteiger partial charge in [-0.25, -0.2) is 0 Å². The third kappa shape index (κ3) is 4.60. The van der Waals surface area contributed by atoms with E-state index < -0.39 is 0 Å². The normalized spacial score (nSPS) is 23.9. The third-order valence-corrected chi connectivity index (χ3v) is 4.90. The van der Waals surface area contributed by atoms with Crippen LogP contribution in [-0.2, 0) is 20.9 Å². The Bertz CT molecular complexity index is 598. The summed E-state index contributed by atoms with van der Waals surface area (Å²) in [5, 5.41) is 2.96. The average Bonchev–Trinajstić information content (AvgIpc) is 3.42. The minimum absolute atomic E-state index is 0.00624. The fourth-order valence-electron chi connectivity index (χ4n) is 3.41. The van der Waals surface area contributed by atoms with Gasteiger partial charge in [-0.3, -0.25) is 9.59 Å². The van der Waals surface area contributed by atoms with Gasteiger partial charge in [0.1, 0.15) is 12.1 Å². The van der Waals surface area contributed by atoms with E-state index in [-0.39, 0.29) is 23.9 Å². The fourth-order valence-corrected chi connectivity index (χ4v) is 3.41. The van der Waals surface area contributed by atoms with Crippen molar-refractivity contribution in [1.29, 1.82) is 0 Å². The highest BCUT2D eigenvalue weighted by Gasteiger charge is 2.46. The van der Waals surface area contributed by atoms with E-state index in [9.17, 15) is 9.59 Å². The molecule has 2 atom stereocenters. The number of nitrogens with zero attached hydrogens (tertiary/aromatic N) is 1. The van der Waals surface area contributed by atoms with E-state index in [0.29, 0.717) is 38.0 Å². The molecule has 1 saturated carbocycles. The van der Waals surface area contributed by atoms with Crippen molar-refractivity contribution < 1.29 is 14.3 Å². The van der Waals surface area contributed by atoms with Crippen molar-refractivity contribution in [1.82, 2.24) is 10.2 Å². The zero-order chi connectivity index (χ0) is 17.8. The first kappa shape index (κ1) is 17.9. The molecule has 0 bridgehead atoms. The summed E-state index contributed by atoms with van der Waals surface area (Å²) in [5.41, 5.74) is 1.11. The van der Waals surface area contributed by atoms with Crippen LogP contribution in [-0.4, -0.2) is 41.9 Å². The smallest absolute Gasteiger partial charge is 0.246 e. The van der Waals surface area contributed by atoms with Gasteiger partial charge >= 0.3 is 0 Å². The Hall–Kier alpha value is -1.88. The Morgan fingerprint density at radius 2 is 1.92 bits per heavy atom. The number of carbonyl (C=O) groups is 2. The molecule has 1 saturated heterocycles. The van der Waals surface area contributed by atoms with Gasteiger partial charge in [0.05, 0.1) is 13.2 Å². The highest BCUT2D eigenvalue weighted by molar-refractivity contribution is 5.97. The second-order valence-electron chi connectivity index (χ2n) is 7.54. The molecule has 0 spiro atoms. The Balaban J connectivity index is 1.59. The standard InChI is InChI=1S/C20H28N2O3/c1-14(2)12-17-19(23)21-18(16-8-9-16)20(24)22(17)10-11-25-13-15-6-4-3-5-7-15/h3-7,14,16-18H,8-13H2,1-2H3,(H,21,23). The van der Waals surface area contributed by atoms with Gasteiger partial charge in [-0.1, -0.05) is 44.2 Å². The molecule has 5 heteroatoms. The maximum atomic E-state index is 12.9. The summed E-state index contributed by atoms with van der Waals surface area (Å²) < 4.78 is 5.75. The molecule has 2 fully saturated rings. The number of rotatable bonds is 8. The molecule has 2 amide bonds. The maximum Gasteiger partial charge on any atom is 0.246 e. The summed E-state index contributed by atoms with van der Waals surface area (Å²) >= 11 is 0. The first-order valence-electron chi connectivity index (χ1n) is 9.28. The Labute approximate surface area is 149 Å². The molecule has 1 aliphatic carbocycles. The van der Waals surface area contributed by atoms with Crippen molar-refractivity contribution in [3.63, 3.8) is 0 Å². The van der Waals surface area contributed by atoms with Gasteiger partial charge in [0.2, 0.25) is 11.8 Å². The topological polar surface area (TPSA) is 58.6 Å². The zero-order valence-electron chi connectivity index (χ0n) is 15.1. The molecule has 1 heterocycles. The number of hydrogen-bond acceptors (Lipinski definition) is 3. The summed E-state index contributed by atoms with van der Waals surface area (Å²) in [6.07, 6.45) is 2.75. The number of hydrogen-bond donors (Lipinski definition) is 1. The van der Waals surface area contributed by atoms with Crippen LogP contribution in [0.2, 0.25) is 0 Å². The lowest BCUT2D eigenvalue weighted by Gasteiger charge is -2.39. The van der Waals surface area contributed by atoms with Crippen LogP contribution >= 0.6 is 0 Å². The van der Waals surface area contributed by atoms with Gasteiger partial charge in [-0.2, -0.15) is 0 Å². The van der Waals surface area contributed by atoms with E-state index in [4.69, 9.17) is 4.74 Å². The second kappa shape index (κ2) is 8.00. The van der Waals surface area contributed by atoms with Crippen molar-refractivity contribution in [2.24, 2.45) is 11.8 Å². The predicted octanol–water partition coefficient (Wildman–Crippen LogP) is 2.35. The number of piperazine rings is 1. The third-order valence-electron chi connectivity index (χ3n) is 4.90. The summed E-state index contributed by atoms with van der Waals surface area (Å²) in [5.74, 6) is 0.738. The van der Waals surface area contributed by atoms with E-state index >= 15 is 0 Å². The second-order valence-corrected chi connectivity index (χ2v) is 7.54. The molecular formula is C20H28N2O3. The quantitative estimate of drug-likeness (QED) is 0.737. The highest BCUT2D eigenvalue weighted by Crippen LogP contribution is 2.35. The molecular weight excluding hydrogens is 316 g/mol. The van der Waals surface area contributed by atoms with E-state index in [1.54, 1.807) is 4.90 Å². The molecule has 25 heavy (non-hydrogen) atoms. The van der Waals surface area contributed by atoms with Crippen molar-refractivity contribution >= 4 is 11.8 Å². The SMILES string of the molecule is CC(C)CC1C(=O)NC(C2CC2)C(=O)N1CCOCc1ccccc1. The van der Waals surface area contributed by atoms with Crippen molar-refractivity contribution in [2.75, 3.05) is 13.2 Å². The van der Waals surface area contributed by atoms with Crippen molar-refractivity contribution in [3.8, 4) is 0 Å². The number of nitrogens with one attached hydrogen (secondary N) is 1. The molecule has 0 aromatic heterocycles. The summed E-state index contributed by atoms with van der Waals surface area (Å²) in [6, 6.07) is 9.27. The Morgan fingerprint density at radius 3 is 2.56 bits per heavy atom. The predicted molar refractivity (Wildman–Crippen MR) is 95.7 cm³/mol. The molecule has 136 valence electrons. The monoisotopic (exact) mass is 344 g/mol. The molecule has 5 nitrogen and oxygen atoms in total. The first-order chi connectivity index (χ1) is 12.1. The summed E-state index contributed by atoms with van der Waals surface area (Å²) in [6.45, 7) is 5.60. The minimum Gasteiger partial charge on any atom is -0.375 e. The van der Waals surface area contributed by atoms with Crippen LogP contribution in [0.15, 0.2) is 30.3 Å². The lowest BCUT2D eigenvalue weighted by atomic mass is 9.96. The van der Waals surface area contributed by atoms with Gasteiger partial charge < -0.3 is 15.0 Å². The molecule has 1 aromatic carbocycles. The lowest BCUT2D eigenvalue weighted by molar-refractivity contribution is -0.151. The minimum atomic E-state index is -0.372. The maximum absolute atomic E-state index is 12.9. The number of carbonyl (C=O) groups excluding carboxylic acids is 2. The van der Waals surface area contributed by atoms with E-state index in [2.05, 4.69) is 19.2 Å². The molecule has 1 aliphatic heterocycles. The highest BCUT2D eigenvalue weighted by atomic mass is 16.5. The van der Waals surface area contributed by atoms with Crippen LogP contribution < -0.4 is 5.32 Å². The van der Waals surface area contributed by atoms with Crippen LogP contribution in [0, 0.1) is 11.8 Å². The summed E-state index contributed by atoms with van der Waals surface area (Å²) in [4.78, 5) is 27.2. The van der Waals surface area contributed by atoms with Gasteiger partial charge in [-0.15, -0.1) is 0 Å². The molecule has 2 aliphatic rings. The zero-order valence-corrected chi connectivity index (χ0v) is 15.1. The molecule has 3 rings (SSSR count). The van der Waals surface area contributed by atoms with E-state index in [0.717, 1.165) is 18.4 Å². The molecule has 1 aromatic rings. The number of benzene rings is 1. The lowest BCUT2D eigenvalue weighted by Crippen LogP contribution is -2.64. The van der Waals surface area contributed by atoms with E-state index in [1.165, 1.54) is 0 Å². The number of ether oxygens (including phenoxy) is 1. The average molecular weight is 344 g/mol. The van der Waals surface area contributed by atoms with Crippen molar-refractivity contribution in [2.45, 2.75) is 51.8 Å². The van der Waals surface area contributed by atoms with Crippen LogP contribution in [0.25, 0.3) is 0 Å². The number of amides is 2. The van der Waals surface area contributed by atoms with Gasteiger partial charge in [0.25, 0.3) is 0 Å². The van der Waals surface area contributed by atoms with Gasteiger partial charge in [0.15, 0.2) is 0 Å². The van der Waals surface area contributed by atoms with Crippen LogP contribution in [0.5, 0.6) is 0 Å². The first-order valence-corrected chi connectivity index (χ1v) is 9.28. The molecule has 0 radical (unpaired) electrons. The van der Waals surface area contributed by atoms with Crippen molar-refractivity contribution in [3.05, 3.63) is 35.9 Å². The van der Waals surface area contributed by atoms with Gasteiger partial charge in [0, 0.05) is 6.54 Å². The largest absolute Gasteiger partial charge is 0.375 e. The van der Waals surface area contributed by atoms with Crippen LogP contribution in [0.1, 0.15) is 38.7 Å². The van der Waals surface area contributed by atoms with Crippen LogP contribution in [0.4, 0.5) is 0 Å². The fraction of sp³-hybridized carbons (Fsp3) is 0.600. The van der Waals surface area contributed by atoms with Crippen LogP contribution in [0.3, 0.4) is 0 Å². The Morgan fingerprint density at radius 1 is 1.20 bits per heavy atom. The Kier molecular flexibility index (Phi) is 5.74. The van der Waals surface area contributed by atoms with E-state index in [1.807, 2.05) is 30.3 Å². The van der Waals surface area contributed by atoms with Gasteiger partial charge in [-0.05, 0) is 36.7 Å². The molecule has 1 N–H and O–H groups in total. The molecule has 2 unspecified atom stereocenters.